The summed E-state index contributed by atoms with van der Waals surface area (Å²) in [5, 5.41) is 10.2. The van der Waals surface area contributed by atoms with E-state index in [4.69, 9.17) is 0 Å². The highest BCUT2D eigenvalue weighted by atomic mass is 32.2. The molecule has 0 unspecified atom stereocenters. The van der Waals surface area contributed by atoms with Gasteiger partial charge in [-0.25, -0.2) is 12.8 Å². The zero-order valence-electron chi connectivity index (χ0n) is 18.9. The smallest absolute Gasteiger partial charge is 0.243 e. The number of nitrogens with zero attached hydrogens (tertiary/aromatic N) is 2. The van der Waals surface area contributed by atoms with E-state index in [-0.39, 0.29) is 30.4 Å². The van der Waals surface area contributed by atoms with Gasteiger partial charge in [-0.2, -0.15) is 4.31 Å². The van der Waals surface area contributed by atoms with Crippen LogP contribution in [0.5, 0.6) is 0 Å². The molecule has 2 saturated heterocycles. The zero-order chi connectivity index (χ0) is 23.7. The summed E-state index contributed by atoms with van der Waals surface area (Å²) >= 11 is 0. The molecule has 0 aromatic heterocycles. The van der Waals surface area contributed by atoms with Crippen molar-refractivity contribution in [3.8, 4) is 11.1 Å². The first kappa shape index (κ1) is 23.2. The Balaban J connectivity index is 1.43. The lowest BCUT2D eigenvalue weighted by molar-refractivity contribution is -0.0553. The first-order valence-corrected chi connectivity index (χ1v) is 13.2. The Morgan fingerprint density at radius 3 is 2.26 bits per heavy atom. The van der Waals surface area contributed by atoms with E-state index in [9.17, 15) is 17.9 Å². The quantitative estimate of drug-likeness (QED) is 0.597. The van der Waals surface area contributed by atoms with E-state index in [0.29, 0.717) is 23.5 Å². The van der Waals surface area contributed by atoms with Crippen molar-refractivity contribution in [3.05, 3.63) is 90.2 Å². The van der Waals surface area contributed by atoms with Gasteiger partial charge in [0.1, 0.15) is 5.82 Å². The Kier molecular flexibility index (Phi) is 6.53. The largest absolute Gasteiger partial charge is 0.395 e. The van der Waals surface area contributed by atoms with E-state index in [1.165, 1.54) is 6.07 Å². The second kappa shape index (κ2) is 9.58. The molecule has 0 aliphatic carbocycles. The fourth-order valence-electron chi connectivity index (χ4n) is 5.45. The van der Waals surface area contributed by atoms with Crippen molar-refractivity contribution >= 4 is 10.0 Å². The van der Waals surface area contributed by atoms with Gasteiger partial charge in [-0.1, -0.05) is 60.7 Å². The molecule has 5 nitrogen and oxygen atoms in total. The summed E-state index contributed by atoms with van der Waals surface area (Å²) in [5.41, 5.74) is 2.39. The predicted molar refractivity (Wildman–Crippen MR) is 130 cm³/mol. The summed E-state index contributed by atoms with van der Waals surface area (Å²) in [6.45, 7) is 1.73. The average Bonchev–Trinajstić information content (AvgIpc) is 2.84. The molecule has 3 aromatic rings. The van der Waals surface area contributed by atoms with Crippen molar-refractivity contribution in [3.63, 3.8) is 0 Å². The Labute approximate surface area is 200 Å². The molecular weight excluding hydrogens is 451 g/mol. The van der Waals surface area contributed by atoms with Crippen LogP contribution in [-0.2, 0) is 10.0 Å². The van der Waals surface area contributed by atoms with Crippen molar-refractivity contribution in [2.24, 2.45) is 0 Å². The molecule has 3 atom stereocenters. The van der Waals surface area contributed by atoms with Crippen molar-refractivity contribution in [2.75, 3.05) is 26.2 Å². The monoisotopic (exact) mass is 480 g/mol. The lowest BCUT2D eigenvalue weighted by atomic mass is 9.74. The standard InChI is InChI=1S/C27H29FN2O3S/c28-24-11-5-4-10-23(24)20-12-14-21(15-13-20)27-25-18-29(16-6-7-17-30(25)26(27)19-31)34(32,33)22-8-2-1-3-9-22/h1-5,8-15,25-27,31H,6-7,16-19H2/t25-,26+,27+/m0/s1. The number of aliphatic hydroxyl groups is 1. The van der Waals surface area contributed by atoms with Crippen LogP contribution in [0.25, 0.3) is 11.1 Å². The van der Waals surface area contributed by atoms with E-state index in [2.05, 4.69) is 4.90 Å². The molecule has 178 valence electrons. The third-order valence-corrected chi connectivity index (χ3v) is 9.07. The van der Waals surface area contributed by atoms with Gasteiger partial charge in [-0.05, 0) is 48.7 Å². The molecule has 7 heteroatoms. The summed E-state index contributed by atoms with van der Waals surface area (Å²) in [6.07, 6.45) is 1.67. The highest BCUT2D eigenvalue weighted by Crippen LogP contribution is 2.43. The van der Waals surface area contributed by atoms with Crippen LogP contribution in [0.3, 0.4) is 0 Å². The second-order valence-corrected chi connectivity index (χ2v) is 11.0. The summed E-state index contributed by atoms with van der Waals surface area (Å²) < 4.78 is 42.6. The van der Waals surface area contributed by atoms with Crippen LogP contribution in [0.2, 0.25) is 0 Å². The minimum Gasteiger partial charge on any atom is -0.395 e. The minimum atomic E-state index is -3.60. The van der Waals surface area contributed by atoms with Crippen molar-refractivity contribution in [1.82, 2.24) is 9.21 Å². The van der Waals surface area contributed by atoms with E-state index in [1.807, 2.05) is 36.4 Å². The second-order valence-electron chi connectivity index (χ2n) is 9.07. The molecule has 1 N–H and O–H groups in total. The number of hydrogen-bond acceptors (Lipinski definition) is 4. The van der Waals surface area contributed by atoms with Gasteiger partial charge in [0.15, 0.2) is 0 Å². The van der Waals surface area contributed by atoms with E-state index < -0.39 is 10.0 Å². The molecule has 2 aliphatic heterocycles. The number of sulfonamides is 1. The van der Waals surface area contributed by atoms with E-state index in [0.717, 1.165) is 30.5 Å². The van der Waals surface area contributed by atoms with Gasteiger partial charge in [-0.3, -0.25) is 4.90 Å². The highest BCUT2D eigenvalue weighted by Gasteiger charge is 2.50. The summed E-state index contributed by atoms with van der Waals surface area (Å²) in [5.74, 6) is -0.258. The molecule has 0 amide bonds. The minimum absolute atomic E-state index is 0.00578. The van der Waals surface area contributed by atoms with E-state index in [1.54, 1.807) is 40.7 Å². The fraction of sp³-hybridized carbons (Fsp3) is 0.333. The predicted octanol–water partition coefficient (Wildman–Crippen LogP) is 4.11. The summed E-state index contributed by atoms with van der Waals surface area (Å²) in [6, 6.07) is 23.0. The first-order valence-electron chi connectivity index (χ1n) is 11.8. The topological polar surface area (TPSA) is 60.9 Å². The average molecular weight is 481 g/mol. The number of benzene rings is 3. The molecule has 5 rings (SSSR count). The normalized spacial score (nSPS) is 24.0. The fourth-order valence-corrected chi connectivity index (χ4v) is 6.97. The SMILES string of the molecule is O=S(=O)(c1ccccc1)N1CCCCN2[C@H](CO)[C@H](c3ccc(-c4ccccc4F)cc3)[C@@H]2C1. The molecule has 34 heavy (non-hydrogen) atoms. The van der Waals surface area contributed by atoms with E-state index >= 15 is 0 Å². The highest BCUT2D eigenvalue weighted by molar-refractivity contribution is 7.89. The molecule has 0 saturated carbocycles. The van der Waals surface area contributed by atoms with Crippen molar-refractivity contribution in [2.45, 2.75) is 35.7 Å². The van der Waals surface area contributed by atoms with Gasteiger partial charge in [0.25, 0.3) is 0 Å². The maximum atomic E-state index is 14.2. The van der Waals surface area contributed by atoms with Crippen LogP contribution in [0.15, 0.2) is 83.8 Å². The molecular formula is C27H29FN2O3S. The number of hydrogen-bond donors (Lipinski definition) is 1. The number of rotatable bonds is 5. The molecule has 2 heterocycles. The van der Waals surface area contributed by atoms with Gasteiger partial charge >= 0.3 is 0 Å². The third-order valence-electron chi connectivity index (χ3n) is 7.19. The molecule has 0 radical (unpaired) electrons. The van der Waals surface area contributed by atoms with Crippen LogP contribution < -0.4 is 0 Å². The van der Waals surface area contributed by atoms with Gasteiger partial charge in [0.2, 0.25) is 10.0 Å². The molecule has 0 bridgehead atoms. The number of aliphatic hydroxyl groups excluding tert-OH is 1. The number of halogens is 1. The van der Waals surface area contributed by atoms with Crippen LogP contribution in [0.4, 0.5) is 4.39 Å². The lowest BCUT2D eigenvalue weighted by Gasteiger charge is -2.57. The summed E-state index contributed by atoms with van der Waals surface area (Å²) in [4.78, 5) is 2.56. The Morgan fingerprint density at radius 1 is 0.882 bits per heavy atom. The Bertz CT molecular complexity index is 1230. The number of fused-ring (bicyclic) bond motifs is 1. The molecule has 2 fully saturated rings. The Morgan fingerprint density at radius 2 is 1.56 bits per heavy atom. The molecule has 2 aliphatic rings. The van der Waals surface area contributed by atoms with Crippen LogP contribution in [0.1, 0.15) is 24.3 Å². The molecule has 3 aromatic carbocycles. The van der Waals surface area contributed by atoms with Crippen molar-refractivity contribution in [1.29, 1.82) is 0 Å². The van der Waals surface area contributed by atoms with Gasteiger partial charge in [-0.15, -0.1) is 0 Å². The van der Waals surface area contributed by atoms with Gasteiger partial charge < -0.3 is 5.11 Å². The van der Waals surface area contributed by atoms with Gasteiger partial charge in [0, 0.05) is 36.7 Å². The maximum absolute atomic E-state index is 14.2. The van der Waals surface area contributed by atoms with Crippen LogP contribution in [-0.4, -0.2) is 61.1 Å². The summed E-state index contributed by atoms with van der Waals surface area (Å²) in [7, 11) is -3.60. The Hall–Kier alpha value is -2.58. The first-order chi connectivity index (χ1) is 16.5. The zero-order valence-corrected chi connectivity index (χ0v) is 19.7. The third kappa shape index (κ3) is 4.18. The van der Waals surface area contributed by atoms with Crippen molar-refractivity contribution < 1.29 is 17.9 Å². The molecule has 0 spiro atoms. The van der Waals surface area contributed by atoms with Crippen LogP contribution >= 0.6 is 0 Å². The van der Waals surface area contributed by atoms with Crippen LogP contribution in [0, 0.1) is 5.82 Å². The maximum Gasteiger partial charge on any atom is 0.243 e. The lowest BCUT2D eigenvalue weighted by Crippen LogP contribution is -2.67. The van der Waals surface area contributed by atoms with Gasteiger partial charge in [0.05, 0.1) is 11.5 Å².